The minimum Gasteiger partial charge on any atom is -0.349 e. The van der Waals surface area contributed by atoms with Crippen molar-refractivity contribution in [3.63, 3.8) is 0 Å². The standard InChI is InChI=1S/C22H27ClF3N3O/c1-14(2)12-20(29-11-3-10-27-29)15-4-7-17(8-5-15)28-21(30)18-13-16(22(24,25)26)6-9-19(18)23/h3,6,9-11,13-15,17,20H,4-5,7-8,12H2,1-2H3,(H,28,30). The molecule has 1 aliphatic carbocycles. The second kappa shape index (κ2) is 9.41. The van der Waals surface area contributed by atoms with Crippen molar-refractivity contribution in [2.75, 3.05) is 0 Å². The summed E-state index contributed by atoms with van der Waals surface area (Å²) in [6.45, 7) is 4.39. The molecule has 1 amide bonds. The first kappa shape index (κ1) is 22.7. The molecule has 164 valence electrons. The Hall–Kier alpha value is -2.02. The molecule has 1 aromatic heterocycles. The highest BCUT2D eigenvalue weighted by atomic mass is 35.5. The summed E-state index contributed by atoms with van der Waals surface area (Å²) in [5, 5.41) is 7.32. The van der Waals surface area contributed by atoms with Gasteiger partial charge in [0.05, 0.1) is 22.2 Å². The van der Waals surface area contributed by atoms with E-state index < -0.39 is 17.6 Å². The van der Waals surface area contributed by atoms with E-state index in [0.29, 0.717) is 17.9 Å². The second-order valence-electron chi connectivity index (χ2n) is 8.46. The molecular formula is C22H27ClF3N3O. The lowest BCUT2D eigenvalue weighted by molar-refractivity contribution is -0.137. The third-order valence-electron chi connectivity index (χ3n) is 5.77. The van der Waals surface area contributed by atoms with Crippen LogP contribution in [0.5, 0.6) is 0 Å². The molecule has 0 bridgehead atoms. The van der Waals surface area contributed by atoms with Gasteiger partial charge in [-0.1, -0.05) is 25.4 Å². The lowest BCUT2D eigenvalue weighted by atomic mass is 9.79. The number of halogens is 4. The van der Waals surface area contributed by atoms with E-state index in [2.05, 4.69) is 24.3 Å². The quantitative estimate of drug-likeness (QED) is 0.586. The van der Waals surface area contributed by atoms with Crippen molar-refractivity contribution in [3.05, 3.63) is 52.8 Å². The van der Waals surface area contributed by atoms with Gasteiger partial charge in [-0.25, -0.2) is 0 Å². The number of carbonyl (C=O) groups excluding carboxylic acids is 1. The number of carbonyl (C=O) groups is 1. The maximum atomic E-state index is 13.0. The summed E-state index contributed by atoms with van der Waals surface area (Å²) in [6, 6.07) is 4.99. The summed E-state index contributed by atoms with van der Waals surface area (Å²) in [5.74, 6) is 0.442. The summed E-state index contributed by atoms with van der Waals surface area (Å²) in [5.41, 5.74) is -1.01. The molecule has 0 radical (unpaired) electrons. The Bertz CT molecular complexity index is 844. The van der Waals surface area contributed by atoms with Crippen molar-refractivity contribution < 1.29 is 18.0 Å². The van der Waals surface area contributed by atoms with Gasteiger partial charge < -0.3 is 5.32 Å². The molecule has 1 heterocycles. The summed E-state index contributed by atoms with van der Waals surface area (Å²) in [7, 11) is 0. The number of alkyl halides is 3. The van der Waals surface area contributed by atoms with Crippen molar-refractivity contribution in [2.24, 2.45) is 11.8 Å². The molecule has 1 saturated carbocycles. The van der Waals surface area contributed by atoms with Crippen LogP contribution in [0.15, 0.2) is 36.7 Å². The van der Waals surface area contributed by atoms with E-state index >= 15 is 0 Å². The van der Waals surface area contributed by atoms with Gasteiger partial charge in [-0.05, 0) is 68.2 Å². The Kier molecular flexibility index (Phi) is 7.11. The minimum absolute atomic E-state index is 0.0184. The fourth-order valence-corrected chi connectivity index (χ4v) is 4.47. The maximum absolute atomic E-state index is 13.0. The SMILES string of the molecule is CC(C)CC(C1CCC(NC(=O)c2cc(C(F)(F)F)ccc2Cl)CC1)n1cccn1. The predicted octanol–water partition coefficient (Wildman–Crippen LogP) is 6.13. The van der Waals surface area contributed by atoms with E-state index in [9.17, 15) is 18.0 Å². The summed E-state index contributed by atoms with van der Waals surface area (Å²) in [6.07, 6.45) is 3.72. The van der Waals surface area contributed by atoms with Crippen LogP contribution in [0, 0.1) is 11.8 Å². The molecule has 2 aromatic rings. The van der Waals surface area contributed by atoms with Crippen molar-refractivity contribution in [1.82, 2.24) is 15.1 Å². The highest BCUT2D eigenvalue weighted by Gasteiger charge is 2.33. The molecule has 1 aromatic carbocycles. The van der Waals surface area contributed by atoms with Gasteiger partial charge in [0.2, 0.25) is 0 Å². The van der Waals surface area contributed by atoms with E-state index in [1.807, 2.05) is 16.9 Å². The van der Waals surface area contributed by atoms with Crippen molar-refractivity contribution in [1.29, 1.82) is 0 Å². The van der Waals surface area contributed by atoms with Crippen LogP contribution in [-0.4, -0.2) is 21.7 Å². The Balaban J connectivity index is 1.62. The van der Waals surface area contributed by atoms with Crippen molar-refractivity contribution in [3.8, 4) is 0 Å². The second-order valence-corrected chi connectivity index (χ2v) is 8.87. The molecule has 8 heteroatoms. The summed E-state index contributed by atoms with van der Waals surface area (Å²) < 4.78 is 40.9. The van der Waals surface area contributed by atoms with Gasteiger partial charge >= 0.3 is 6.18 Å². The Morgan fingerprint density at radius 3 is 2.53 bits per heavy atom. The van der Waals surface area contributed by atoms with Crippen molar-refractivity contribution >= 4 is 17.5 Å². The van der Waals surface area contributed by atoms with Crippen LogP contribution in [0.3, 0.4) is 0 Å². The molecule has 1 fully saturated rings. The Labute approximate surface area is 179 Å². The number of nitrogens with zero attached hydrogens (tertiary/aromatic N) is 2. The summed E-state index contributed by atoms with van der Waals surface area (Å²) in [4.78, 5) is 12.6. The smallest absolute Gasteiger partial charge is 0.349 e. The number of aromatic nitrogens is 2. The van der Waals surface area contributed by atoms with Crippen LogP contribution in [-0.2, 0) is 6.18 Å². The van der Waals surface area contributed by atoms with Crippen LogP contribution < -0.4 is 5.32 Å². The normalized spacial score (nSPS) is 20.9. The van der Waals surface area contributed by atoms with Gasteiger partial charge in [-0.15, -0.1) is 0 Å². The molecular weight excluding hydrogens is 415 g/mol. The van der Waals surface area contributed by atoms with E-state index in [1.165, 1.54) is 0 Å². The first-order chi connectivity index (χ1) is 14.1. The Morgan fingerprint density at radius 2 is 1.97 bits per heavy atom. The average molecular weight is 442 g/mol. The van der Waals surface area contributed by atoms with Gasteiger partial charge in [0.25, 0.3) is 5.91 Å². The highest BCUT2D eigenvalue weighted by molar-refractivity contribution is 6.33. The lowest BCUT2D eigenvalue weighted by Crippen LogP contribution is -2.39. The molecule has 0 spiro atoms. The molecule has 4 nitrogen and oxygen atoms in total. The molecule has 30 heavy (non-hydrogen) atoms. The van der Waals surface area contributed by atoms with Crippen LogP contribution in [0.4, 0.5) is 13.2 Å². The predicted molar refractivity (Wildman–Crippen MR) is 110 cm³/mol. The van der Waals surface area contributed by atoms with E-state index in [1.54, 1.807) is 6.20 Å². The number of rotatable bonds is 6. The van der Waals surface area contributed by atoms with E-state index in [0.717, 1.165) is 50.3 Å². The van der Waals surface area contributed by atoms with Gasteiger partial charge in [0.15, 0.2) is 0 Å². The molecule has 1 aliphatic rings. The number of hydrogen-bond acceptors (Lipinski definition) is 2. The van der Waals surface area contributed by atoms with Gasteiger partial charge in [0.1, 0.15) is 0 Å². The third kappa shape index (κ3) is 5.56. The molecule has 3 rings (SSSR count). The molecule has 1 unspecified atom stereocenters. The minimum atomic E-state index is -4.52. The zero-order valence-corrected chi connectivity index (χ0v) is 17.9. The van der Waals surface area contributed by atoms with Gasteiger partial charge in [-0.3, -0.25) is 9.48 Å². The Morgan fingerprint density at radius 1 is 1.27 bits per heavy atom. The maximum Gasteiger partial charge on any atom is 0.416 e. The highest BCUT2D eigenvalue weighted by Crippen LogP contribution is 2.37. The van der Waals surface area contributed by atoms with Gasteiger partial charge in [-0.2, -0.15) is 18.3 Å². The summed E-state index contributed by atoms with van der Waals surface area (Å²) >= 11 is 5.99. The van der Waals surface area contributed by atoms with Crippen molar-refractivity contribution in [2.45, 2.75) is 64.2 Å². The van der Waals surface area contributed by atoms with E-state index in [4.69, 9.17) is 11.6 Å². The number of benzene rings is 1. The molecule has 1 atom stereocenters. The zero-order chi connectivity index (χ0) is 21.9. The fourth-order valence-electron chi connectivity index (χ4n) is 4.26. The van der Waals surface area contributed by atoms with Crippen LogP contribution in [0.2, 0.25) is 5.02 Å². The first-order valence-corrected chi connectivity index (χ1v) is 10.7. The van der Waals surface area contributed by atoms with E-state index in [-0.39, 0.29) is 16.6 Å². The average Bonchev–Trinajstić information content (AvgIpc) is 3.20. The largest absolute Gasteiger partial charge is 0.416 e. The van der Waals surface area contributed by atoms with Crippen LogP contribution in [0.25, 0.3) is 0 Å². The number of amides is 1. The number of hydrogen-bond donors (Lipinski definition) is 1. The molecule has 0 saturated heterocycles. The third-order valence-corrected chi connectivity index (χ3v) is 6.10. The fraction of sp³-hybridized carbons (Fsp3) is 0.545. The zero-order valence-electron chi connectivity index (χ0n) is 17.1. The first-order valence-electron chi connectivity index (χ1n) is 10.3. The lowest BCUT2D eigenvalue weighted by Gasteiger charge is -2.35. The van der Waals surface area contributed by atoms with Gasteiger partial charge in [0, 0.05) is 18.4 Å². The molecule has 0 aliphatic heterocycles. The molecule has 1 N–H and O–H groups in total. The topological polar surface area (TPSA) is 46.9 Å². The van der Waals surface area contributed by atoms with Crippen LogP contribution in [0.1, 0.15) is 67.9 Å². The van der Waals surface area contributed by atoms with Crippen LogP contribution >= 0.6 is 11.6 Å². The monoisotopic (exact) mass is 441 g/mol. The number of nitrogens with one attached hydrogen (secondary N) is 1.